The number of nitrogens with one attached hydrogen (secondary N) is 1. The summed E-state index contributed by atoms with van der Waals surface area (Å²) in [5.74, 6) is -2.01. The zero-order valence-electron chi connectivity index (χ0n) is 8.81. The fourth-order valence-corrected chi connectivity index (χ4v) is 1.56. The number of urea groups is 1. The van der Waals surface area contributed by atoms with Gasteiger partial charge in [-0.25, -0.2) is 9.59 Å². The van der Waals surface area contributed by atoms with Gasteiger partial charge in [-0.1, -0.05) is 0 Å². The van der Waals surface area contributed by atoms with Crippen molar-refractivity contribution in [3.8, 4) is 0 Å². The van der Waals surface area contributed by atoms with Gasteiger partial charge in [0.1, 0.15) is 6.04 Å². The van der Waals surface area contributed by atoms with Crippen molar-refractivity contribution in [2.75, 3.05) is 13.1 Å². The predicted molar refractivity (Wildman–Crippen MR) is 54.6 cm³/mol. The van der Waals surface area contributed by atoms with E-state index in [0.29, 0.717) is 13.1 Å². The molecule has 1 heterocycles. The van der Waals surface area contributed by atoms with Crippen molar-refractivity contribution in [3.63, 3.8) is 0 Å². The molecular weight excluding hydrogens is 214 g/mol. The van der Waals surface area contributed by atoms with E-state index in [0.717, 1.165) is 12.8 Å². The monoisotopic (exact) mass is 229 g/mol. The number of carbonyl (C=O) groups excluding carboxylic acids is 2. The van der Waals surface area contributed by atoms with Crippen molar-refractivity contribution in [1.29, 1.82) is 0 Å². The maximum Gasteiger partial charge on any atom is 0.326 e. The normalized spacial score (nSPS) is 16.9. The van der Waals surface area contributed by atoms with E-state index in [1.807, 2.05) is 0 Å². The molecule has 1 fully saturated rings. The third-order valence-electron chi connectivity index (χ3n) is 2.39. The summed E-state index contributed by atoms with van der Waals surface area (Å²) in [6.45, 7) is 1.24. The molecule has 0 spiro atoms. The lowest BCUT2D eigenvalue weighted by Crippen LogP contribution is -2.48. The molecule has 0 aromatic carbocycles. The van der Waals surface area contributed by atoms with Crippen molar-refractivity contribution >= 4 is 17.9 Å². The third-order valence-corrected chi connectivity index (χ3v) is 2.39. The number of likely N-dealkylation sites (tertiary alicyclic amines) is 1. The molecular formula is C9H15N3O4. The molecule has 3 amide bonds. The molecule has 1 saturated heterocycles. The number of carbonyl (C=O) groups is 3. The molecule has 1 rings (SSSR count). The van der Waals surface area contributed by atoms with Gasteiger partial charge in [-0.2, -0.15) is 0 Å². The highest BCUT2D eigenvalue weighted by atomic mass is 16.4. The number of carboxylic acids is 1. The van der Waals surface area contributed by atoms with Crippen LogP contribution in [-0.4, -0.2) is 47.0 Å². The SMILES string of the molecule is NC(=O)CC(NC(=O)N1CCCC1)C(=O)O. The van der Waals surface area contributed by atoms with Crippen LogP contribution in [0.3, 0.4) is 0 Å². The van der Waals surface area contributed by atoms with Gasteiger partial charge >= 0.3 is 12.0 Å². The number of aliphatic carboxylic acids is 1. The maximum absolute atomic E-state index is 11.5. The first-order valence-electron chi connectivity index (χ1n) is 5.07. The molecule has 90 valence electrons. The van der Waals surface area contributed by atoms with Crippen LogP contribution in [0.15, 0.2) is 0 Å². The molecule has 1 aliphatic heterocycles. The van der Waals surface area contributed by atoms with Crippen LogP contribution in [0.5, 0.6) is 0 Å². The number of nitrogens with zero attached hydrogens (tertiary/aromatic N) is 1. The zero-order valence-corrected chi connectivity index (χ0v) is 8.81. The third kappa shape index (κ3) is 3.41. The van der Waals surface area contributed by atoms with Crippen LogP contribution < -0.4 is 11.1 Å². The Labute approximate surface area is 92.6 Å². The number of nitrogens with two attached hydrogens (primary N) is 1. The van der Waals surface area contributed by atoms with Gasteiger partial charge in [-0.05, 0) is 12.8 Å². The topological polar surface area (TPSA) is 113 Å². The van der Waals surface area contributed by atoms with E-state index in [2.05, 4.69) is 5.32 Å². The first kappa shape index (κ1) is 12.3. The Bertz CT molecular complexity index is 299. The lowest BCUT2D eigenvalue weighted by Gasteiger charge is -2.19. The molecule has 16 heavy (non-hydrogen) atoms. The number of hydrogen-bond acceptors (Lipinski definition) is 3. The van der Waals surface area contributed by atoms with Crippen molar-refractivity contribution in [3.05, 3.63) is 0 Å². The molecule has 1 unspecified atom stereocenters. The van der Waals surface area contributed by atoms with Gasteiger partial charge in [-0.15, -0.1) is 0 Å². The summed E-state index contributed by atoms with van der Waals surface area (Å²) < 4.78 is 0. The Hall–Kier alpha value is -1.79. The molecule has 0 bridgehead atoms. The van der Waals surface area contributed by atoms with Gasteiger partial charge in [0.25, 0.3) is 0 Å². The van der Waals surface area contributed by atoms with Crippen LogP contribution in [-0.2, 0) is 9.59 Å². The highest BCUT2D eigenvalue weighted by molar-refractivity contribution is 5.87. The fourth-order valence-electron chi connectivity index (χ4n) is 1.56. The smallest absolute Gasteiger partial charge is 0.326 e. The Morgan fingerprint density at radius 2 is 1.88 bits per heavy atom. The molecule has 7 nitrogen and oxygen atoms in total. The molecule has 7 heteroatoms. The van der Waals surface area contributed by atoms with Gasteiger partial charge in [0.2, 0.25) is 5.91 Å². The molecule has 1 aliphatic rings. The second kappa shape index (κ2) is 5.34. The van der Waals surface area contributed by atoms with E-state index in [9.17, 15) is 14.4 Å². The summed E-state index contributed by atoms with van der Waals surface area (Å²) in [6, 6.07) is -1.70. The summed E-state index contributed by atoms with van der Waals surface area (Å²) in [7, 11) is 0. The predicted octanol–water partition coefficient (Wildman–Crippen LogP) is -0.880. The average Bonchev–Trinajstić information content (AvgIpc) is 2.68. The minimum absolute atomic E-state index is 0.394. The zero-order chi connectivity index (χ0) is 12.1. The lowest BCUT2D eigenvalue weighted by molar-refractivity contribution is -0.140. The summed E-state index contributed by atoms with van der Waals surface area (Å²) in [5.41, 5.74) is 4.89. The highest BCUT2D eigenvalue weighted by Gasteiger charge is 2.25. The fraction of sp³-hybridized carbons (Fsp3) is 0.667. The van der Waals surface area contributed by atoms with Gasteiger partial charge in [0.05, 0.1) is 6.42 Å². The van der Waals surface area contributed by atoms with Crippen LogP contribution >= 0.6 is 0 Å². The van der Waals surface area contributed by atoms with Gasteiger partial charge < -0.3 is 21.1 Å². The van der Waals surface area contributed by atoms with Crippen molar-refractivity contribution in [1.82, 2.24) is 10.2 Å². The van der Waals surface area contributed by atoms with Crippen LogP contribution in [0.1, 0.15) is 19.3 Å². The maximum atomic E-state index is 11.5. The van der Waals surface area contributed by atoms with Gasteiger partial charge in [0.15, 0.2) is 0 Å². The number of hydrogen-bond donors (Lipinski definition) is 3. The molecule has 0 aromatic rings. The summed E-state index contributed by atoms with van der Waals surface area (Å²) >= 11 is 0. The molecule has 4 N–H and O–H groups in total. The summed E-state index contributed by atoms with van der Waals surface area (Å²) in [5, 5.41) is 11.0. The number of primary amides is 1. The van der Waals surface area contributed by atoms with Gasteiger partial charge in [-0.3, -0.25) is 4.79 Å². The van der Waals surface area contributed by atoms with Crippen LogP contribution in [0.2, 0.25) is 0 Å². The molecule has 0 aromatic heterocycles. The van der Waals surface area contributed by atoms with Crippen LogP contribution in [0.4, 0.5) is 4.79 Å². The second-order valence-electron chi connectivity index (χ2n) is 3.70. The Balaban J connectivity index is 2.50. The van der Waals surface area contributed by atoms with Gasteiger partial charge in [0, 0.05) is 13.1 Å². The van der Waals surface area contributed by atoms with Crippen LogP contribution in [0.25, 0.3) is 0 Å². The molecule has 1 atom stereocenters. The summed E-state index contributed by atoms with van der Waals surface area (Å²) in [6.07, 6.45) is 1.44. The largest absolute Gasteiger partial charge is 0.480 e. The van der Waals surface area contributed by atoms with E-state index in [1.54, 1.807) is 0 Å². The van der Waals surface area contributed by atoms with Crippen molar-refractivity contribution < 1.29 is 19.5 Å². The minimum atomic E-state index is -1.26. The Morgan fingerprint density at radius 3 is 2.31 bits per heavy atom. The Kier molecular flexibility index (Phi) is 4.10. The lowest BCUT2D eigenvalue weighted by atomic mass is 10.2. The molecule has 0 aliphatic carbocycles. The van der Waals surface area contributed by atoms with E-state index in [1.165, 1.54) is 4.90 Å². The number of rotatable bonds is 4. The molecule has 0 radical (unpaired) electrons. The van der Waals surface area contributed by atoms with E-state index < -0.39 is 30.4 Å². The summed E-state index contributed by atoms with van der Waals surface area (Å²) in [4.78, 5) is 34.4. The van der Waals surface area contributed by atoms with E-state index in [-0.39, 0.29) is 0 Å². The van der Waals surface area contributed by atoms with Crippen molar-refractivity contribution in [2.45, 2.75) is 25.3 Å². The van der Waals surface area contributed by atoms with Crippen molar-refractivity contribution in [2.24, 2.45) is 5.73 Å². The highest BCUT2D eigenvalue weighted by Crippen LogP contribution is 2.07. The first-order valence-corrected chi connectivity index (χ1v) is 5.07. The van der Waals surface area contributed by atoms with Crippen LogP contribution in [0, 0.1) is 0 Å². The number of amides is 3. The second-order valence-corrected chi connectivity index (χ2v) is 3.70. The standard InChI is InChI=1S/C9H15N3O4/c10-7(13)5-6(8(14)15)11-9(16)12-3-1-2-4-12/h6H,1-5H2,(H2,10,13)(H,11,16)(H,14,15). The molecule has 0 saturated carbocycles. The van der Waals surface area contributed by atoms with E-state index in [4.69, 9.17) is 10.8 Å². The number of carboxylic acid groups (broad SMARTS) is 1. The van der Waals surface area contributed by atoms with E-state index >= 15 is 0 Å². The Morgan fingerprint density at radius 1 is 1.31 bits per heavy atom. The first-order chi connectivity index (χ1) is 7.50. The average molecular weight is 229 g/mol. The minimum Gasteiger partial charge on any atom is -0.480 e. The quantitative estimate of drug-likeness (QED) is 0.581.